The molecule has 1 aliphatic heterocycles. The van der Waals surface area contributed by atoms with E-state index in [1.54, 1.807) is 23.3 Å². The van der Waals surface area contributed by atoms with Crippen LogP contribution in [0.1, 0.15) is 11.1 Å². The zero-order chi connectivity index (χ0) is 18.3. The fraction of sp³-hybridized carbons (Fsp3) is 0.176. The number of benzene rings is 2. The van der Waals surface area contributed by atoms with E-state index in [0.717, 1.165) is 23.0 Å². The van der Waals surface area contributed by atoms with Crippen molar-refractivity contribution in [1.29, 1.82) is 0 Å². The van der Waals surface area contributed by atoms with Crippen molar-refractivity contribution in [3.05, 3.63) is 53.7 Å². The molecule has 3 aromatic rings. The SMILES string of the molecule is O=C(Nc1cccc2[nH]ncc12)NN1CCc2cc(C(F)(F)F)ccc21. The average Bonchev–Trinajstić information content (AvgIpc) is 3.21. The molecule has 26 heavy (non-hydrogen) atoms. The number of amides is 2. The van der Waals surface area contributed by atoms with Gasteiger partial charge in [-0.15, -0.1) is 0 Å². The number of alkyl halides is 3. The first kappa shape index (κ1) is 16.2. The third-order valence-corrected chi connectivity index (χ3v) is 4.27. The van der Waals surface area contributed by atoms with Crippen LogP contribution in [0.15, 0.2) is 42.6 Å². The molecule has 0 saturated heterocycles. The lowest BCUT2D eigenvalue weighted by Crippen LogP contribution is -2.43. The number of aromatic amines is 1. The fourth-order valence-corrected chi connectivity index (χ4v) is 3.04. The largest absolute Gasteiger partial charge is 0.416 e. The number of nitrogens with one attached hydrogen (secondary N) is 3. The second-order valence-corrected chi connectivity index (χ2v) is 5.95. The van der Waals surface area contributed by atoms with E-state index >= 15 is 0 Å². The third kappa shape index (κ3) is 2.92. The normalized spacial score (nSPS) is 13.7. The average molecular weight is 361 g/mol. The number of halogens is 3. The number of nitrogens with zero attached hydrogens (tertiary/aromatic N) is 2. The molecule has 4 rings (SSSR count). The molecule has 1 aliphatic rings. The van der Waals surface area contributed by atoms with Crippen molar-refractivity contribution in [3.8, 4) is 0 Å². The van der Waals surface area contributed by atoms with Crippen LogP contribution in [0.2, 0.25) is 0 Å². The molecule has 2 amide bonds. The Morgan fingerprint density at radius 2 is 2.08 bits per heavy atom. The molecule has 0 bridgehead atoms. The zero-order valence-electron chi connectivity index (χ0n) is 13.4. The van der Waals surface area contributed by atoms with Crippen LogP contribution in [-0.4, -0.2) is 22.8 Å². The number of aromatic nitrogens is 2. The smallest absolute Gasteiger partial charge is 0.306 e. The number of anilines is 2. The Morgan fingerprint density at radius 3 is 2.88 bits per heavy atom. The highest BCUT2D eigenvalue weighted by Crippen LogP contribution is 2.35. The lowest BCUT2D eigenvalue weighted by atomic mass is 10.1. The summed E-state index contributed by atoms with van der Waals surface area (Å²) in [6.45, 7) is 0.403. The number of H-pyrrole nitrogens is 1. The van der Waals surface area contributed by atoms with Gasteiger partial charge in [-0.2, -0.15) is 18.3 Å². The molecule has 2 heterocycles. The summed E-state index contributed by atoms with van der Waals surface area (Å²) < 4.78 is 38.4. The third-order valence-electron chi connectivity index (χ3n) is 4.27. The van der Waals surface area contributed by atoms with Crippen molar-refractivity contribution in [2.45, 2.75) is 12.6 Å². The van der Waals surface area contributed by atoms with Gasteiger partial charge in [-0.05, 0) is 42.3 Å². The Bertz CT molecular complexity index is 982. The van der Waals surface area contributed by atoms with Crippen LogP contribution in [-0.2, 0) is 12.6 Å². The molecule has 0 atom stereocenters. The summed E-state index contributed by atoms with van der Waals surface area (Å²) in [6.07, 6.45) is -2.35. The first-order valence-electron chi connectivity index (χ1n) is 7.89. The number of carbonyl (C=O) groups is 1. The van der Waals surface area contributed by atoms with E-state index in [1.165, 1.54) is 6.07 Å². The number of carbonyl (C=O) groups excluding carboxylic acids is 1. The molecule has 9 heteroatoms. The van der Waals surface area contributed by atoms with E-state index in [0.29, 0.717) is 29.9 Å². The van der Waals surface area contributed by atoms with E-state index in [4.69, 9.17) is 0 Å². The highest BCUT2D eigenvalue weighted by Gasteiger charge is 2.32. The predicted molar refractivity (Wildman–Crippen MR) is 90.7 cm³/mol. The lowest BCUT2D eigenvalue weighted by Gasteiger charge is -2.21. The van der Waals surface area contributed by atoms with Gasteiger partial charge in [0.2, 0.25) is 0 Å². The van der Waals surface area contributed by atoms with Crippen molar-refractivity contribution >= 4 is 28.3 Å². The van der Waals surface area contributed by atoms with E-state index < -0.39 is 17.8 Å². The molecule has 0 aliphatic carbocycles. The number of hydrogen-bond acceptors (Lipinski definition) is 3. The number of urea groups is 1. The second-order valence-electron chi connectivity index (χ2n) is 5.95. The maximum Gasteiger partial charge on any atom is 0.416 e. The van der Waals surface area contributed by atoms with Gasteiger partial charge < -0.3 is 5.32 Å². The van der Waals surface area contributed by atoms with Crippen LogP contribution < -0.4 is 15.8 Å². The molecule has 3 N–H and O–H groups in total. The molecule has 6 nitrogen and oxygen atoms in total. The molecule has 0 fully saturated rings. The first-order valence-corrected chi connectivity index (χ1v) is 7.89. The van der Waals surface area contributed by atoms with Crippen molar-refractivity contribution in [1.82, 2.24) is 15.6 Å². The minimum absolute atomic E-state index is 0.403. The van der Waals surface area contributed by atoms with Crippen molar-refractivity contribution in [2.75, 3.05) is 16.9 Å². The van der Waals surface area contributed by atoms with Gasteiger partial charge in [-0.1, -0.05) is 6.07 Å². The maximum absolute atomic E-state index is 12.8. The monoisotopic (exact) mass is 361 g/mol. The fourth-order valence-electron chi connectivity index (χ4n) is 3.04. The van der Waals surface area contributed by atoms with E-state index in [1.807, 2.05) is 6.07 Å². The van der Waals surface area contributed by atoms with E-state index in [9.17, 15) is 18.0 Å². The van der Waals surface area contributed by atoms with Gasteiger partial charge in [0.15, 0.2) is 0 Å². The van der Waals surface area contributed by atoms with E-state index in [2.05, 4.69) is 20.9 Å². The van der Waals surface area contributed by atoms with Crippen LogP contribution in [0.5, 0.6) is 0 Å². The van der Waals surface area contributed by atoms with Crippen molar-refractivity contribution in [2.24, 2.45) is 0 Å². The number of hydrogen-bond donors (Lipinski definition) is 3. The van der Waals surface area contributed by atoms with Crippen LogP contribution >= 0.6 is 0 Å². The highest BCUT2D eigenvalue weighted by atomic mass is 19.4. The summed E-state index contributed by atoms with van der Waals surface area (Å²) in [5.74, 6) is 0. The van der Waals surface area contributed by atoms with Gasteiger partial charge in [-0.3, -0.25) is 10.1 Å². The van der Waals surface area contributed by atoms with Gasteiger partial charge in [0.05, 0.1) is 28.7 Å². The Kier molecular flexibility index (Phi) is 3.71. The topological polar surface area (TPSA) is 73.0 Å². The first-order chi connectivity index (χ1) is 12.4. The predicted octanol–water partition coefficient (Wildman–Crippen LogP) is 3.68. The summed E-state index contributed by atoms with van der Waals surface area (Å²) in [5, 5.41) is 11.8. The van der Waals surface area contributed by atoms with Gasteiger partial charge in [0.25, 0.3) is 0 Å². The molecular formula is C17H14F3N5O. The highest BCUT2D eigenvalue weighted by molar-refractivity contribution is 6.00. The molecule has 0 unspecified atom stereocenters. The Hall–Kier alpha value is -3.23. The summed E-state index contributed by atoms with van der Waals surface area (Å²) in [4.78, 5) is 12.3. The van der Waals surface area contributed by atoms with Gasteiger partial charge in [0.1, 0.15) is 0 Å². The van der Waals surface area contributed by atoms with Gasteiger partial charge in [0, 0.05) is 11.9 Å². The molecule has 0 radical (unpaired) electrons. The second kappa shape index (κ2) is 5.94. The molecule has 2 aromatic carbocycles. The van der Waals surface area contributed by atoms with E-state index in [-0.39, 0.29) is 0 Å². The molecule has 0 saturated carbocycles. The number of rotatable bonds is 2. The molecular weight excluding hydrogens is 347 g/mol. The zero-order valence-corrected chi connectivity index (χ0v) is 13.4. The standard InChI is InChI=1S/C17H14F3N5O/c18-17(19,20)11-4-5-15-10(8-11)6-7-25(15)24-16(26)22-13-2-1-3-14-12(13)9-21-23-14/h1-5,8-9H,6-7H2,(H,21,23)(H2,22,24,26). The number of fused-ring (bicyclic) bond motifs is 2. The Labute approximate surface area is 146 Å². The van der Waals surface area contributed by atoms with Crippen molar-refractivity contribution in [3.63, 3.8) is 0 Å². The summed E-state index contributed by atoms with van der Waals surface area (Å²) >= 11 is 0. The molecule has 134 valence electrons. The summed E-state index contributed by atoms with van der Waals surface area (Å²) in [5.41, 5.74) is 4.47. The van der Waals surface area contributed by atoms with Crippen molar-refractivity contribution < 1.29 is 18.0 Å². The summed E-state index contributed by atoms with van der Waals surface area (Å²) in [7, 11) is 0. The van der Waals surface area contributed by atoms with Crippen LogP contribution in [0.3, 0.4) is 0 Å². The lowest BCUT2D eigenvalue weighted by molar-refractivity contribution is -0.137. The molecule has 1 aromatic heterocycles. The Morgan fingerprint density at radius 1 is 1.23 bits per heavy atom. The maximum atomic E-state index is 12.8. The van der Waals surface area contributed by atoms with Crippen LogP contribution in [0, 0.1) is 0 Å². The minimum Gasteiger partial charge on any atom is -0.306 e. The molecule has 0 spiro atoms. The van der Waals surface area contributed by atoms with Crippen LogP contribution in [0.4, 0.5) is 29.3 Å². The quantitative estimate of drug-likeness (QED) is 0.652. The minimum atomic E-state index is -4.38. The summed E-state index contributed by atoms with van der Waals surface area (Å²) in [6, 6.07) is 8.39. The van der Waals surface area contributed by atoms with Crippen LogP contribution in [0.25, 0.3) is 10.9 Å². The van der Waals surface area contributed by atoms with Gasteiger partial charge in [-0.25, -0.2) is 10.2 Å². The van der Waals surface area contributed by atoms with Gasteiger partial charge >= 0.3 is 12.2 Å². The Balaban J connectivity index is 1.49. The number of hydrazine groups is 1.